The van der Waals surface area contributed by atoms with Crippen molar-refractivity contribution < 1.29 is 14.3 Å². The van der Waals surface area contributed by atoms with E-state index in [9.17, 15) is 4.79 Å². The van der Waals surface area contributed by atoms with Crippen LogP contribution >= 0.6 is 0 Å². The second kappa shape index (κ2) is 7.61. The average Bonchev–Trinajstić information content (AvgIpc) is 2.63. The van der Waals surface area contributed by atoms with E-state index in [1.54, 1.807) is 6.92 Å². The summed E-state index contributed by atoms with van der Waals surface area (Å²) in [5.41, 5.74) is 1.43. The number of nitrogens with one attached hydrogen (secondary N) is 1. The molecule has 1 heterocycles. The summed E-state index contributed by atoms with van der Waals surface area (Å²) in [7, 11) is 0. The highest BCUT2D eigenvalue weighted by Gasteiger charge is 2.15. The smallest absolute Gasteiger partial charge is 0.376 e. The highest BCUT2D eigenvalue weighted by Crippen LogP contribution is 2.30. The first-order chi connectivity index (χ1) is 12.2. The van der Waals surface area contributed by atoms with Crippen LogP contribution in [0.2, 0.25) is 0 Å². The number of carbonyl (C=O) groups is 1. The zero-order valence-corrected chi connectivity index (χ0v) is 14.2. The molecule has 2 aromatic carbocycles. The van der Waals surface area contributed by atoms with Gasteiger partial charge < -0.3 is 14.8 Å². The predicted octanol–water partition coefficient (Wildman–Crippen LogP) is 3.95. The molecule has 0 saturated carbocycles. The van der Waals surface area contributed by atoms with E-state index in [0.717, 1.165) is 11.1 Å². The summed E-state index contributed by atoms with van der Waals surface area (Å²) in [5, 5.41) is 4.06. The second-order valence-electron chi connectivity index (χ2n) is 5.19. The molecule has 6 heteroatoms. The fourth-order valence-corrected chi connectivity index (χ4v) is 2.44. The molecule has 25 heavy (non-hydrogen) atoms. The number of hydrogen-bond donors (Lipinski definition) is 1. The highest BCUT2D eigenvalue weighted by atomic mass is 16.5. The molecule has 0 bridgehead atoms. The van der Waals surface area contributed by atoms with Gasteiger partial charge in [-0.25, -0.2) is 14.8 Å². The van der Waals surface area contributed by atoms with Crippen molar-refractivity contribution in [3.63, 3.8) is 0 Å². The van der Waals surface area contributed by atoms with E-state index in [1.165, 1.54) is 0 Å². The van der Waals surface area contributed by atoms with Crippen molar-refractivity contribution in [3.05, 3.63) is 54.4 Å². The number of para-hydroxylation sites is 3. The Morgan fingerprint density at radius 2 is 1.76 bits per heavy atom. The second-order valence-corrected chi connectivity index (χ2v) is 5.19. The Morgan fingerprint density at radius 3 is 2.56 bits per heavy atom. The first-order valence-electron chi connectivity index (χ1n) is 8.15. The lowest BCUT2D eigenvalue weighted by Crippen LogP contribution is -2.11. The molecule has 0 aliphatic heterocycles. The van der Waals surface area contributed by atoms with E-state index in [2.05, 4.69) is 15.3 Å². The minimum absolute atomic E-state index is 0.0249. The van der Waals surface area contributed by atoms with Crippen LogP contribution < -0.4 is 10.1 Å². The molecule has 3 aromatic rings. The van der Waals surface area contributed by atoms with Gasteiger partial charge in [0.25, 0.3) is 0 Å². The topological polar surface area (TPSA) is 73.3 Å². The summed E-state index contributed by atoms with van der Waals surface area (Å²) in [6.07, 6.45) is 0. The van der Waals surface area contributed by atoms with E-state index in [-0.39, 0.29) is 12.4 Å². The Labute approximate surface area is 145 Å². The van der Waals surface area contributed by atoms with Crippen molar-refractivity contribution in [2.24, 2.45) is 0 Å². The lowest BCUT2D eigenvalue weighted by atomic mass is 10.2. The summed E-state index contributed by atoms with van der Waals surface area (Å²) >= 11 is 0. The molecule has 0 saturated heterocycles. The van der Waals surface area contributed by atoms with Crippen LogP contribution in [0, 0.1) is 0 Å². The average molecular weight is 337 g/mol. The Kier molecular flexibility index (Phi) is 5.09. The molecule has 3 rings (SSSR count). The third kappa shape index (κ3) is 3.68. The molecule has 0 aliphatic carbocycles. The molecule has 0 amide bonds. The lowest BCUT2D eigenvalue weighted by Gasteiger charge is -2.13. The quantitative estimate of drug-likeness (QED) is 0.687. The fourth-order valence-electron chi connectivity index (χ4n) is 2.44. The van der Waals surface area contributed by atoms with E-state index in [0.29, 0.717) is 23.7 Å². The van der Waals surface area contributed by atoms with Gasteiger partial charge in [-0.05, 0) is 38.1 Å². The molecule has 0 fully saturated rings. The van der Waals surface area contributed by atoms with Crippen molar-refractivity contribution in [3.8, 4) is 5.75 Å². The molecule has 6 nitrogen and oxygen atoms in total. The van der Waals surface area contributed by atoms with Crippen molar-refractivity contribution in [1.29, 1.82) is 0 Å². The van der Waals surface area contributed by atoms with Crippen LogP contribution in [0.1, 0.15) is 24.5 Å². The minimum atomic E-state index is -0.547. The van der Waals surface area contributed by atoms with Gasteiger partial charge in [0.15, 0.2) is 0 Å². The molecule has 1 aromatic heterocycles. The number of anilines is 2. The van der Waals surface area contributed by atoms with Crippen LogP contribution in [-0.4, -0.2) is 29.2 Å². The van der Waals surface area contributed by atoms with E-state index < -0.39 is 5.97 Å². The Morgan fingerprint density at radius 1 is 1.00 bits per heavy atom. The summed E-state index contributed by atoms with van der Waals surface area (Å²) in [5.74, 6) is 0.720. The van der Waals surface area contributed by atoms with Crippen molar-refractivity contribution >= 4 is 28.4 Å². The first kappa shape index (κ1) is 16.7. The zero-order chi connectivity index (χ0) is 17.6. The number of ether oxygens (including phenoxy) is 2. The SMILES string of the molecule is CCOC(=O)c1nc(Nc2ccccc2OCC)c2ccccc2n1. The summed E-state index contributed by atoms with van der Waals surface area (Å²) in [4.78, 5) is 20.7. The fraction of sp³-hybridized carbons (Fsp3) is 0.211. The normalized spacial score (nSPS) is 10.5. The monoisotopic (exact) mass is 337 g/mol. The van der Waals surface area contributed by atoms with Crippen LogP contribution in [0.3, 0.4) is 0 Å². The maximum absolute atomic E-state index is 12.1. The zero-order valence-electron chi connectivity index (χ0n) is 14.2. The largest absolute Gasteiger partial charge is 0.492 e. The standard InChI is InChI=1S/C19H19N3O3/c1-3-24-16-12-8-7-11-15(16)21-17-13-9-5-6-10-14(13)20-18(22-17)19(23)25-4-2/h5-12H,3-4H2,1-2H3,(H,20,21,22). The first-order valence-corrected chi connectivity index (χ1v) is 8.15. The maximum atomic E-state index is 12.1. The maximum Gasteiger partial charge on any atom is 0.376 e. The Hall–Kier alpha value is -3.15. The van der Waals surface area contributed by atoms with Gasteiger partial charge in [-0.15, -0.1) is 0 Å². The molecular weight excluding hydrogens is 318 g/mol. The molecular formula is C19H19N3O3. The number of hydrogen-bond acceptors (Lipinski definition) is 6. The molecule has 0 radical (unpaired) electrons. The number of nitrogens with zero attached hydrogens (tertiary/aromatic N) is 2. The van der Waals surface area contributed by atoms with Gasteiger partial charge in [0.05, 0.1) is 24.4 Å². The van der Waals surface area contributed by atoms with Gasteiger partial charge in [-0.2, -0.15) is 0 Å². The van der Waals surface area contributed by atoms with Crippen molar-refractivity contribution in [2.45, 2.75) is 13.8 Å². The van der Waals surface area contributed by atoms with E-state index >= 15 is 0 Å². The van der Waals surface area contributed by atoms with Gasteiger partial charge in [0.2, 0.25) is 5.82 Å². The van der Waals surface area contributed by atoms with Crippen molar-refractivity contribution in [2.75, 3.05) is 18.5 Å². The van der Waals surface area contributed by atoms with Crippen LogP contribution in [0.25, 0.3) is 10.9 Å². The van der Waals surface area contributed by atoms with Crippen LogP contribution in [0.4, 0.5) is 11.5 Å². The molecule has 0 aliphatic rings. The molecule has 0 unspecified atom stereocenters. The summed E-state index contributed by atoms with van der Waals surface area (Å²) in [6.45, 7) is 4.49. The summed E-state index contributed by atoms with van der Waals surface area (Å²) in [6, 6.07) is 15.1. The van der Waals surface area contributed by atoms with Gasteiger partial charge in [-0.1, -0.05) is 24.3 Å². The van der Waals surface area contributed by atoms with Crippen LogP contribution in [0.15, 0.2) is 48.5 Å². The Bertz CT molecular complexity index is 896. The third-order valence-corrected chi connectivity index (χ3v) is 3.50. The van der Waals surface area contributed by atoms with Gasteiger partial charge >= 0.3 is 5.97 Å². The number of esters is 1. The Balaban J connectivity index is 2.07. The van der Waals surface area contributed by atoms with Gasteiger partial charge in [0, 0.05) is 5.39 Å². The highest BCUT2D eigenvalue weighted by molar-refractivity contribution is 5.95. The van der Waals surface area contributed by atoms with Gasteiger partial charge in [0.1, 0.15) is 11.6 Å². The predicted molar refractivity (Wildman–Crippen MR) is 96.4 cm³/mol. The van der Waals surface area contributed by atoms with E-state index in [1.807, 2.05) is 55.5 Å². The van der Waals surface area contributed by atoms with Crippen molar-refractivity contribution in [1.82, 2.24) is 9.97 Å². The van der Waals surface area contributed by atoms with Crippen LogP contribution in [-0.2, 0) is 4.74 Å². The third-order valence-electron chi connectivity index (χ3n) is 3.50. The minimum Gasteiger partial charge on any atom is -0.492 e. The number of benzene rings is 2. The molecule has 0 spiro atoms. The number of aromatic nitrogens is 2. The van der Waals surface area contributed by atoms with E-state index in [4.69, 9.17) is 9.47 Å². The number of carbonyl (C=O) groups excluding carboxylic acids is 1. The molecule has 0 atom stereocenters. The lowest BCUT2D eigenvalue weighted by molar-refractivity contribution is 0.0512. The summed E-state index contributed by atoms with van der Waals surface area (Å²) < 4.78 is 10.7. The molecule has 128 valence electrons. The van der Waals surface area contributed by atoms with Gasteiger partial charge in [-0.3, -0.25) is 0 Å². The van der Waals surface area contributed by atoms with Crippen LogP contribution in [0.5, 0.6) is 5.75 Å². The molecule has 1 N–H and O–H groups in total. The number of rotatable bonds is 6. The number of fused-ring (bicyclic) bond motifs is 1.